The maximum atomic E-state index is 4.14. The molecule has 1 N–H and O–H groups in total. The van der Waals surface area contributed by atoms with Gasteiger partial charge in [-0.05, 0) is 41.3 Å². The Bertz CT molecular complexity index is 536. The molecule has 0 bridgehead atoms. The lowest BCUT2D eigenvalue weighted by Gasteiger charge is -2.27. The number of nitrogens with zero attached hydrogens (tertiary/aromatic N) is 4. The van der Waals surface area contributed by atoms with Gasteiger partial charge in [-0.2, -0.15) is 4.68 Å². The first-order valence-corrected chi connectivity index (χ1v) is 7.39. The van der Waals surface area contributed by atoms with Crippen LogP contribution < -0.4 is 5.32 Å². The van der Waals surface area contributed by atoms with E-state index in [1.165, 1.54) is 25.7 Å². The molecule has 20 heavy (non-hydrogen) atoms. The van der Waals surface area contributed by atoms with Crippen LogP contribution in [0.4, 0.5) is 0 Å². The lowest BCUT2D eigenvalue weighted by molar-refractivity contribution is 0.298. The van der Waals surface area contributed by atoms with Crippen LogP contribution in [0.1, 0.15) is 38.4 Å². The number of nitrogens with one attached hydrogen (secondary N) is 1. The van der Waals surface area contributed by atoms with Crippen molar-refractivity contribution in [3.8, 4) is 5.69 Å². The molecule has 1 fully saturated rings. The van der Waals surface area contributed by atoms with Gasteiger partial charge in [-0.3, -0.25) is 0 Å². The minimum absolute atomic E-state index is 0.597. The summed E-state index contributed by atoms with van der Waals surface area (Å²) >= 11 is 0. The lowest BCUT2D eigenvalue weighted by Crippen LogP contribution is -2.33. The number of benzene rings is 1. The smallest absolute Gasteiger partial charge is 0.170 e. The normalized spacial score (nSPS) is 22.9. The van der Waals surface area contributed by atoms with E-state index in [2.05, 4.69) is 27.8 Å². The van der Waals surface area contributed by atoms with Gasteiger partial charge in [0.1, 0.15) is 0 Å². The standard InChI is InChI=1S/C15H21N5/c1-12-6-5-7-13(10-12)16-11-15-17-18-19-20(15)14-8-3-2-4-9-14/h2-4,8-9,12-13,16H,5-7,10-11H2,1H3. The number of aromatic nitrogens is 4. The van der Waals surface area contributed by atoms with Crippen LogP contribution in [0.2, 0.25) is 0 Å². The highest BCUT2D eigenvalue weighted by Crippen LogP contribution is 2.23. The van der Waals surface area contributed by atoms with Crippen molar-refractivity contribution in [2.75, 3.05) is 0 Å². The Morgan fingerprint density at radius 1 is 1.25 bits per heavy atom. The summed E-state index contributed by atoms with van der Waals surface area (Å²) in [7, 11) is 0. The van der Waals surface area contributed by atoms with Crippen LogP contribution in [0.25, 0.3) is 5.69 Å². The van der Waals surface area contributed by atoms with Gasteiger partial charge >= 0.3 is 0 Å². The van der Waals surface area contributed by atoms with E-state index in [1.807, 2.05) is 30.3 Å². The first-order valence-electron chi connectivity index (χ1n) is 7.39. The minimum atomic E-state index is 0.597. The van der Waals surface area contributed by atoms with Crippen molar-refractivity contribution in [3.05, 3.63) is 36.2 Å². The van der Waals surface area contributed by atoms with E-state index in [9.17, 15) is 0 Å². The second-order valence-corrected chi connectivity index (χ2v) is 5.69. The van der Waals surface area contributed by atoms with Crippen molar-refractivity contribution in [3.63, 3.8) is 0 Å². The van der Waals surface area contributed by atoms with E-state index in [0.717, 1.165) is 24.0 Å². The van der Waals surface area contributed by atoms with Crippen LogP contribution in [0, 0.1) is 5.92 Å². The van der Waals surface area contributed by atoms with Crippen LogP contribution in [0.5, 0.6) is 0 Å². The second kappa shape index (κ2) is 6.13. The number of hydrogen-bond acceptors (Lipinski definition) is 4. The third kappa shape index (κ3) is 3.04. The SMILES string of the molecule is CC1CCCC(NCc2nnnn2-c2ccccc2)C1. The molecule has 106 valence electrons. The molecule has 0 saturated heterocycles. The summed E-state index contributed by atoms with van der Waals surface area (Å²) in [5.41, 5.74) is 1.01. The summed E-state index contributed by atoms with van der Waals surface area (Å²) in [5.74, 6) is 1.70. The summed E-state index contributed by atoms with van der Waals surface area (Å²) < 4.78 is 1.80. The zero-order valence-electron chi connectivity index (χ0n) is 11.9. The fourth-order valence-electron chi connectivity index (χ4n) is 2.94. The Balaban J connectivity index is 1.65. The molecule has 5 nitrogen and oxygen atoms in total. The summed E-state index contributed by atoms with van der Waals surface area (Å²) in [6, 6.07) is 10.6. The highest BCUT2D eigenvalue weighted by Gasteiger charge is 2.19. The van der Waals surface area contributed by atoms with Crippen molar-refractivity contribution in [1.29, 1.82) is 0 Å². The van der Waals surface area contributed by atoms with Gasteiger partial charge in [0.05, 0.1) is 12.2 Å². The maximum absolute atomic E-state index is 4.14. The second-order valence-electron chi connectivity index (χ2n) is 5.69. The topological polar surface area (TPSA) is 55.6 Å². The Hall–Kier alpha value is -1.75. The number of rotatable bonds is 4. The molecule has 5 heteroatoms. The number of hydrogen-bond donors (Lipinski definition) is 1. The largest absolute Gasteiger partial charge is 0.307 e. The van der Waals surface area contributed by atoms with Crippen molar-refractivity contribution in [2.24, 2.45) is 5.92 Å². The van der Waals surface area contributed by atoms with E-state index in [4.69, 9.17) is 0 Å². The number of para-hydroxylation sites is 1. The molecule has 1 saturated carbocycles. The van der Waals surface area contributed by atoms with Gasteiger partial charge in [0, 0.05) is 6.04 Å². The van der Waals surface area contributed by atoms with E-state index in [1.54, 1.807) is 4.68 Å². The molecular weight excluding hydrogens is 250 g/mol. The molecule has 1 heterocycles. The molecule has 1 aliphatic rings. The molecule has 0 spiro atoms. The molecular formula is C15H21N5. The van der Waals surface area contributed by atoms with Gasteiger partial charge in [0.25, 0.3) is 0 Å². The lowest BCUT2D eigenvalue weighted by atomic mass is 9.87. The average Bonchev–Trinajstić information content (AvgIpc) is 2.95. The van der Waals surface area contributed by atoms with Crippen molar-refractivity contribution in [2.45, 2.75) is 45.2 Å². The van der Waals surface area contributed by atoms with Crippen molar-refractivity contribution in [1.82, 2.24) is 25.5 Å². The Kier molecular flexibility index (Phi) is 4.06. The zero-order valence-corrected chi connectivity index (χ0v) is 11.9. The minimum Gasteiger partial charge on any atom is -0.307 e. The summed E-state index contributed by atoms with van der Waals surface area (Å²) in [6.07, 6.45) is 5.20. The van der Waals surface area contributed by atoms with Crippen LogP contribution in [-0.2, 0) is 6.54 Å². The molecule has 2 unspecified atom stereocenters. The Morgan fingerprint density at radius 2 is 2.10 bits per heavy atom. The Labute approximate surface area is 119 Å². The fourth-order valence-corrected chi connectivity index (χ4v) is 2.94. The van der Waals surface area contributed by atoms with Crippen LogP contribution in [-0.4, -0.2) is 26.2 Å². The van der Waals surface area contributed by atoms with Crippen molar-refractivity contribution >= 4 is 0 Å². The van der Waals surface area contributed by atoms with Gasteiger partial charge in [-0.15, -0.1) is 5.10 Å². The molecule has 1 aromatic carbocycles. The van der Waals surface area contributed by atoms with Crippen LogP contribution >= 0.6 is 0 Å². The third-order valence-corrected chi connectivity index (χ3v) is 4.02. The molecule has 2 aromatic rings. The first kappa shape index (κ1) is 13.2. The molecule has 1 aliphatic carbocycles. The monoisotopic (exact) mass is 271 g/mol. The van der Waals surface area contributed by atoms with Gasteiger partial charge in [-0.1, -0.05) is 38.0 Å². The summed E-state index contributed by atoms with van der Waals surface area (Å²) in [5, 5.41) is 15.6. The van der Waals surface area contributed by atoms with Gasteiger partial charge < -0.3 is 5.32 Å². The highest BCUT2D eigenvalue weighted by atomic mass is 15.5. The van der Waals surface area contributed by atoms with E-state index in [-0.39, 0.29) is 0 Å². The summed E-state index contributed by atoms with van der Waals surface area (Å²) in [4.78, 5) is 0. The predicted octanol–water partition coefficient (Wildman–Crippen LogP) is 2.33. The quantitative estimate of drug-likeness (QED) is 0.927. The van der Waals surface area contributed by atoms with E-state index >= 15 is 0 Å². The molecule has 2 atom stereocenters. The van der Waals surface area contributed by atoms with E-state index < -0.39 is 0 Å². The maximum Gasteiger partial charge on any atom is 0.170 e. The van der Waals surface area contributed by atoms with Gasteiger partial charge in [-0.25, -0.2) is 0 Å². The number of tetrazole rings is 1. The van der Waals surface area contributed by atoms with Crippen LogP contribution in [0.15, 0.2) is 30.3 Å². The highest BCUT2D eigenvalue weighted by molar-refractivity contribution is 5.30. The third-order valence-electron chi connectivity index (χ3n) is 4.02. The predicted molar refractivity (Wildman–Crippen MR) is 77.4 cm³/mol. The van der Waals surface area contributed by atoms with Gasteiger partial charge in [0.2, 0.25) is 0 Å². The first-order chi connectivity index (χ1) is 9.83. The van der Waals surface area contributed by atoms with E-state index in [0.29, 0.717) is 6.04 Å². The van der Waals surface area contributed by atoms with Crippen molar-refractivity contribution < 1.29 is 0 Å². The zero-order chi connectivity index (χ0) is 13.8. The van der Waals surface area contributed by atoms with Gasteiger partial charge in [0.15, 0.2) is 5.82 Å². The average molecular weight is 271 g/mol. The Morgan fingerprint density at radius 3 is 2.90 bits per heavy atom. The molecule has 1 aromatic heterocycles. The molecule has 0 aliphatic heterocycles. The molecule has 0 amide bonds. The fraction of sp³-hybridized carbons (Fsp3) is 0.533. The van der Waals surface area contributed by atoms with Crippen LogP contribution in [0.3, 0.4) is 0 Å². The molecule has 3 rings (SSSR count). The summed E-state index contributed by atoms with van der Waals surface area (Å²) in [6.45, 7) is 3.06. The molecule has 0 radical (unpaired) electrons.